The molecular formula is C24H21N7O. The van der Waals surface area contributed by atoms with Crippen LogP contribution in [0.5, 0.6) is 5.88 Å². The van der Waals surface area contributed by atoms with Crippen molar-refractivity contribution in [2.75, 3.05) is 29.4 Å². The van der Waals surface area contributed by atoms with Gasteiger partial charge in [-0.25, -0.2) is 15.0 Å². The fourth-order valence-electron chi connectivity index (χ4n) is 4.32. The summed E-state index contributed by atoms with van der Waals surface area (Å²) in [4.78, 5) is 17.8. The summed E-state index contributed by atoms with van der Waals surface area (Å²) in [6, 6.07) is 16.2. The lowest BCUT2D eigenvalue weighted by Gasteiger charge is -2.40. The van der Waals surface area contributed by atoms with E-state index in [1.807, 2.05) is 36.9 Å². The third-order valence-electron chi connectivity index (χ3n) is 6.12. The van der Waals surface area contributed by atoms with Gasteiger partial charge in [0.05, 0.1) is 31.7 Å². The molecule has 5 heterocycles. The molecule has 2 aliphatic rings. The van der Waals surface area contributed by atoms with Crippen LogP contribution in [0.3, 0.4) is 0 Å². The lowest BCUT2D eigenvalue weighted by molar-refractivity contribution is 0.160. The number of fused-ring (bicyclic) bond motifs is 2. The highest BCUT2D eigenvalue weighted by Crippen LogP contribution is 2.32. The predicted molar refractivity (Wildman–Crippen MR) is 121 cm³/mol. The van der Waals surface area contributed by atoms with Crippen LogP contribution in [-0.2, 0) is 13.1 Å². The van der Waals surface area contributed by atoms with E-state index < -0.39 is 0 Å². The molecule has 0 spiro atoms. The second-order valence-electron chi connectivity index (χ2n) is 8.17. The van der Waals surface area contributed by atoms with Gasteiger partial charge in [-0.1, -0.05) is 24.3 Å². The van der Waals surface area contributed by atoms with Crippen molar-refractivity contribution < 1.29 is 4.74 Å². The lowest BCUT2D eigenvalue weighted by Crippen LogP contribution is -2.54. The summed E-state index contributed by atoms with van der Waals surface area (Å²) in [7, 11) is 0. The molecule has 1 fully saturated rings. The average Bonchev–Trinajstić information content (AvgIpc) is 3.28. The minimum atomic E-state index is -0.00113. The molecule has 6 rings (SSSR count). The van der Waals surface area contributed by atoms with Gasteiger partial charge >= 0.3 is 0 Å². The first-order chi connectivity index (χ1) is 15.8. The maximum atomic E-state index is 9.34. The number of pyridine rings is 2. The van der Waals surface area contributed by atoms with Gasteiger partial charge in [-0.05, 0) is 23.6 Å². The summed E-state index contributed by atoms with van der Waals surface area (Å²) in [6.45, 7) is 3.90. The number of anilines is 2. The summed E-state index contributed by atoms with van der Waals surface area (Å²) < 4.78 is 8.45. The predicted octanol–water partition coefficient (Wildman–Crippen LogP) is 2.99. The van der Waals surface area contributed by atoms with Crippen LogP contribution in [0.1, 0.15) is 11.4 Å². The van der Waals surface area contributed by atoms with Crippen LogP contribution in [0.25, 0.3) is 10.8 Å². The molecule has 8 heteroatoms. The van der Waals surface area contributed by atoms with Gasteiger partial charge < -0.3 is 19.1 Å². The molecule has 32 heavy (non-hydrogen) atoms. The van der Waals surface area contributed by atoms with Crippen molar-refractivity contribution in [1.29, 1.82) is 5.26 Å². The van der Waals surface area contributed by atoms with Crippen LogP contribution in [0.2, 0.25) is 0 Å². The van der Waals surface area contributed by atoms with E-state index in [9.17, 15) is 5.26 Å². The third-order valence-corrected chi connectivity index (χ3v) is 6.12. The molecule has 0 amide bonds. The van der Waals surface area contributed by atoms with Crippen molar-refractivity contribution in [3.05, 3.63) is 72.6 Å². The summed E-state index contributed by atoms with van der Waals surface area (Å²) >= 11 is 0. The summed E-state index contributed by atoms with van der Waals surface area (Å²) in [5.74, 6) is 1.47. The zero-order chi connectivity index (χ0) is 21.5. The molecule has 0 unspecified atom stereocenters. The molecule has 1 aromatic carbocycles. The highest BCUT2D eigenvalue weighted by atomic mass is 16.5. The van der Waals surface area contributed by atoms with Gasteiger partial charge in [0.2, 0.25) is 5.88 Å². The number of nitriles is 1. The topological polar surface area (TPSA) is 83.1 Å². The van der Waals surface area contributed by atoms with Crippen LogP contribution in [0.15, 0.2) is 61.2 Å². The summed E-state index contributed by atoms with van der Waals surface area (Å²) in [5, 5.41) is 11.7. The molecule has 1 saturated heterocycles. The van der Waals surface area contributed by atoms with E-state index in [0.717, 1.165) is 55.3 Å². The Labute approximate surface area is 185 Å². The second-order valence-corrected chi connectivity index (χ2v) is 8.17. The number of aromatic nitrogens is 4. The van der Waals surface area contributed by atoms with E-state index in [-0.39, 0.29) is 6.10 Å². The van der Waals surface area contributed by atoms with Crippen LogP contribution in [0, 0.1) is 11.3 Å². The monoisotopic (exact) mass is 423 g/mol. The van der Waals surface area contributed by atoms with Gasteiger partial charge in [-0.3, -0.25) is 0 Å². The van der Waals surface area contributed by atoms with E-state index in [1.54, 1.807) is 6.07 Å². The molecule has 2 aliphatic heterocycles. The Kier molecular flexibility index (Phi) is 4.39. The normalized spacial score (nSPS) is 15.8. The fraction of sp³-hybridized carbons (Fsp3) is 0.250. The average molecular weight is 423 g/mol. The van der Waals surface area contributed by atoms with Crippen molar-refractivity contribution in [1.82, 2.24) is 19.5 Å². The van der Waals surface area contributed by atoms with Gasteiger partial charge in [0.1, 0.15) is 29.4 Å². The van der Waals surface area contributed by atoms with Gasteiger partial charge in [0, 0.05) is 30.9 Å². The van der Waals surface area contributed by atoms with Crippen LogP contribution in [-0.4, -0.2) is 45.3 Å². The first-order valence-electron chi connectivity index (χ1n) is 10.7. The fourth-order valence-corrected chi connectivity index (χ4v) is 4.32. The van der Waals surface area contributed by atoms with Gasteiger partial charge in [0.25, 0.3) is 0 Å². The maximum absolute atomic E-state index is 9.34. The van der Waals surface area contributed by atoms with Crippen LogP contribution >= 0.6 is 0 Å². The number of benzene rings is 1. The quantitative estimate of drug-likeness (QED) is 0.499. The van der Waals surface area contributed by atoms with Crippen LogP contribution < -0.4 is 14.5 Å². The third kappa shape index (κ3) is 3.28. The van der Waals surface area contributed by atoms with E-state index in [1.165, 1.54) is 5.39 Å². The molecule has 0 saturated carbocycles. The largest absolute Gasteiger partial charge is 0.469 e. The molecule has 0 aliphatic carbocycles. The molecule has 3 aromatic heterocycles. The zero-order valence-electron chi connectivity index (χ0n) is 17.4. The number of nitrogens with zero attached hydrogens (tertiary/aromatic N) is 7. The van der Waals surface area contributed by atoms with Crippen molar-refractivity contribution in [3.8, 4) is 11.9 Å². The number of hydrogen-bond donors (Lipinski definition) is 0. The smallest absolute Gasteiger partial charge is 0.239 e. The molecule has 0 radical (unpaired) electrons. The van der Waals surface area contributed by atoms with E-state index >= 15 is 0 Å². The number of imidazole rings is 1. The Balaban J connectivity index is 1.19. The summed E-state index contributed by atoms with van der Waals surface area (Å²) in [6.07, 6.45) is 5.67. The Hall–Kier alpha value is -4.12. The van der Waals surface area contributed by atoms with Gasteiger partial charge in [-0.15, -0.1) is 0 Å². The Morgan fingerprint density at radius 2 is 1.88 bits per heavy atom. The zero-order valence-corrected chi connectivity index (χ0v) is 17.4. The van der Waals surface area contributed by atoms with E-state index in [0.29, 0.717) is 11.6 Å². The maximum Gasteiger partial charge on any atom is 0.239 e. The Morgan fingerprint density at radius 1 is 1.00 bits per heavy atom. The van der Waals surface area contributed by atoms with Crippen LogP contribution in [0.4, 0.5) is 11.5 Å². The highest BCUT2D eigenvalue weighted by molar-refractivity contribution is 5.84. The Morgan fingerprint density at radius 3 is 2.75 bits per heavy atom. The molecule has 0 bridgehead atoms. The number of ether oxygens (including phenoxy) is 1. The van der Waals surface area contributed by atoms with Crippen molar-refractivity contribution in [2.45, 2.75) is 19.2 Å². The van der Waals surface area contributed by atoms with Gasteiger partial charge in [-0.2, -0.15) is 5.26 Å². The number of hydrogen-bond acceptors (Lipinski definition) is 7. The summed E-state index contributed by atoms with van der Waals surface area (Å²) in [5.41, 5.74) is 2.43. The molecule has 0 atom stereocenters. The minimum absolute atomic E-state index is 0.00113. The highest BCUT2D eigenvalue weighted by Gasteiger charge is 2.31. The number of rotatable bonds is 4. The lowest BCUT2D eigenvalue weighted by atomic mass is 10.1. The van der Waals surface area contributed by atoms with E-state index in [4.69, 9.17) is 4.74 Å². The molecule has 4 aromatic rings. The molecular weight excluding hydrogens is 402 g/mol. The SMILES string of the molecule is N#Cc1ccc(N2CCn3cncc3C2)c(OC2CN(c3cc4ccccc4cn3)C2)n1. The first kappa shape index (κ1) is 18.6. The molecule has 158 valence electrons. The molecule has 8 nitrogen and oxygen atoms in total. The molecule has 0 N–H and O–H groups in total. The second kappa shape index (κ2) is 7.54. The van der Waals surface area contributed by atoms with Gasteiger partial charge in [0.15, 0.2) is 0 Å². The van der Waals surface area contributed by atoms with Crippen molar-refractivity contribution in [2.24, 2.45) is 0 Å². The standard InChI is InChI=1S/C24H21N7O/c25-10-19-5-6-22(29-7-8-30-16-26-12-20(30)13-29)24(28-19)32-21-14-31(15-21)23-9-17-3-1-2-4-18(17)11-27-23/h1-6,9,11-12,16,21H,7-8,13-15H2. The Bertz CT molecular complexity index is 1340. The van der Waals surface area contributed by atoms with Crippen molar-refractivity contribution >= 4 is 22.3 Å². The van der Waals surface area contributed by atoms with Crippen molar-refractivity contribution in [3.63, 3.8) is 0 Å². The minimum Gasteiger partial charge on any atom is -0.469 e. The first-order valence-corrected chi connectivity index (χ1v) is 10.7. The van der Waals surface area contributed by atoms with E-state index in [2.05, 4.69) is 53.6 Å².